The molecule has 50 heavy (non-hydrogen) atoms. The summed E-state index contributed by atoms with van der Waals surface area (Å²) in [6.07, 6.45) is 0. The van der Waals surface area contributed by atoms with Crippen LogP contribution in [-0.4, -0.2) is 22.9 Å². The highest BCUT2D eigenvalue weighted by Crippen LogP contribution is 2.53. The number of carbonyl (C=O) groups excluding carboxylic acids is 1. The van der Waals surface area contributed by atoms with Gasteiger partial charge in [0.15, 0.2) is 0 Å². The molecule has 0 bridgehead atoms. The molecule has 5 aromatic carbocycles. The van der Waals surface area contributed by atoms with Crippen LogP contribution >= 0.6 is 18.4 Å². The zero-order valence-electron chi connectivity index (χ0n) is 28.1. The number of carbonyl (C=O) groups is 1. The Kier molecular flexibility index (Phi) is 10.1. The highest BCUT2D eigenvalue weighted by molar-refractivity contribution is 7.87. The Morgan fingerprint density at radius 1 is 0.700 bits per heavy atom. The summed E-state index contributed by atoms with van der Waals surface area (Å²) in [5.74, 6) is -0.0761. The molecule has 0 aliphatic rings. The van der Waals surface area contributed by atoms with Crippen LogP contribution in [0.2, 0.25) is 0 Å². The van der Waals surface area contributed by atoms with Gasteiger partial charge in [0.25, 0.3) is 5.91 Å². The van der Waals surface area contributed by atoms with Gasteiger partial charge < -0.3 is 9.64 Å². The maximum atomic E-state index is 15.2. The fourth-order valence-corrected chi connectivity index (χ4v) is 11.3. The highest BCUT2D eigenvalue weighted by Gasteiger charge is 2.32. The van der Waals surface area contributed by atoms with Gasteiger partial charge in [-0.15, -0.1) is 11.3 Å². The molecule has 0 aliphatic carbocycles. The fraction of sp³-hybridized carbons (Fsp3) is 0.116. The molecule has 0 spiro atoms. The van der Waals surface area contributed by atoms with Crippen LogP contribution in [0.1, 0.15) is 32.1 Å². The van der Waals surface area contributed by atoms with Crippen molar-refractivity contribution in [2.45, 2.75) is 26.6 Å². The van der Waals surface area contributed by atoms with Crippen molar-refractivity contribution in [1.82, 2.24) is 9.88 Å². The molecule has 0 saturated carbocycles. The number of hydrogen-bond donors (Lipinski definition) is 0. The Hall–Kier alpha value is -5.13. The molecule has 248 valence electrons. The van der Waals surface area contributed by atoms with Crippen molar-refractivity contribution in [3.8, 4) is 0 Å². The molecule has 2 aromatic heterocycles. The molecule has 0 atom stereocenters. The van der Waals surface area contributed by atoms with Crippen LogP contribution in [0.25, 0.3) is 10.2 Å². The summed E-state index contributed by atoms with van der Waals surface area (Å²) in [5.41, 5.74) is 4.63. The predicted octanol–water partition coefficient (Wildman–Crippen LogP) is 9.40. The monoisotopic (exact) mass is 691 g/mol. The summed E-state index contributed by atoms with van der Waals surface area (Å²) in [4.78, 5) is 23.5. The van der Waals surface area contributed by atoms with Gasteiger partial charge in [0.2, 0.25) is 0 Å². The van der Waals surface area contributed by atoms with Gasteiger partial charge in [0.05, 0.1) is 19.3 Å². The van der Waals surface area contributed by atoms with E-state index in [4.69, 9.17) is 14.5 Å². The molecular weight excluding hydrogens is 654 g/mol. The van der Waals surface area contributed by atoms with E-state index in [-0.39, 0.29) is 5.91 Å². The van der Waals surface area contributed by atoms with E-state index in [1.54, 1.807) is 7.11 Å². The van der Waals surface area contributed by atoms with Crippen LogP contribution in [0.3, 0.4) is 0 Å². The van der Waals surface area contributed by atoms with Crippen molar-refractivity contribution in [2.24, 2.45) is 4.74 Å². The second-order valence-electron chi connectivity index (χ2n) is 12.2. The van der Waals surface area contributed by atoms with Crippen LogP contribution < -0.4 is 15.9 Å². The number of methoxy groups -OCH3 is 1. The van der Waals surface area contributed by atoms with Crippen LogP contribution in [0.4, 0.5) is 5.69 Å². The lowest BCUT2D eigenvalue weighted by molar-refractivity contribution is 0.0736. The van der Waals surface area contributed by atoms with E-state index in [0.29, 0.717) is 30.3 Å². The average Bonchev–Trinajstić information content (AvgIpc) is 3.53. The second-order valence-corrected chi connectivity index (χ2v) is 16.2. The third-order valence-electron chi connectivity index (χ3n) is 8.70. The molecule has 0 N–H and O–H groups in total. The van der Waals surface area contributed by atoms with E-state index >= 15 is 4.79 Å². The summed E-state index contributed by atoms with van der Waals surface area (Å²) in [6, 6.07) is 54.0. The highest BCUT2D eigenvalue weighted by atomic mass is 32.1. The Balaban J connectivity index is 1.56. The Bertz CT molecular complexity index is 2120. The van der Waals surface area contributed by atoms with Gasteiger partial charge in [0.1, 0.15) is 9.71 Å². The van der Waals surface area contributed by atoms with E-state index in [2.05, 4.69) is 103 Å². The molecule has 0 unspecified atom stereocenters. The van der Waals surface area contributed by atoms with Gasteiger partial charge in [-0.1, -0.05) is 152 Å². The summed E-state index contributed by atoms with van der Waals surface area (Å²) in [7, 11) is -1.03. The Morgan fingerprint density at radius 2 is 1.14 bits per heavy atom. The molecule has 7 rings (SSSR count). The summed E-state index contributed by atoms with van der Waals surface area (Å²) >= 11 is 1.43. The SMILES string of the molecule is COCc1cc(C)nc2sc(C(=O)N(Cc3ccccc3)Cc3ccccc3)c(N=P(c3ccccc3)(c3ccccc3)c3ccccc3)c12. The summed E-state index contributed by atoms with van der Waals surface area (Å²) in [5, 5.41) is 4.19. The number of amides is 1. The maximum Gasteiger partial charge on any atom is 0.266 e. The molecule has 7 aromatic rings. The minimum absolute atomic E-state index is 0.0761. The molecule has 1 amide bonds. The fourth-order valence-electron chi connectivity index (χ4n) is 6.46. The van der Waals surface area contributed by atoms with E-state index < -0.39 is 7.05 Å². The number of aryl methyl sites for hydroxylation is 1. The number of rotatable bonds is 11. The largest absolute Gasteiger partial charge is 0.380 e. The number of thiophene rings is 1. The average molecular weight is 692 g/mol. The van der Waals surface area contributed by atoms with Crippen molar-refractivity contribution in [1.29, 1.82) is 0 Å². The number of aromatic nitrogens is 1. The Morgan fingerprint density at radius 3 is 1.58 bits per heavy atom. The van der Waals surface area contributed by atoms with E-state index in [1.807, 2.05) is 66.4 Å². The molecule has 0 fully saturated rings. The molecule has 5 nitrogen and oxygen atoms in total. The number of nitrogens with zero attached hydrogens (tertiary/aromatic N) is 3. The van der Waals surface area contributed by atoms with Gasteiger partial charge in [-0.25, -0.2) is 4.98 Å². The molecular formula is C43H38N3O2PS. The predicted molar refractivity (Wildman–Crippen MR) is 209 cm³/mol. The van der Waals surface area contributed by atoms with Gasteiger partial charge in [-0.2, -0.15) is 0 Å². The summed E-state index contributed by atoms with van der Waals surface area (Å²) in [6.45, 7) is 3.27. The van der Waals surface area contributed by atoms with E-state index in [0.717, 1.165) is 48.5 Å². The maximum absolute atomic E-state index is 15.2. The molecule has 0 aliphatic heterocycles. The van der Waals surface area contributed by atoms with Gasteiger partial charge in [-0.05, 0) is 29.7 Å². The number of pyridine rings is 1. The molecule has 7 heteroatoms. The number of benzene rings is 5. The molecule has 2 heterocycles. The lowest BCUT2D eigenvalue weighted by atomic mass is 10.1. The quantitative estimate of drug-likeness (QED) is 0.127. The van der Waals surface area contributed by atoms with Gasteiger partial charge in [-0.3, -0.25) is 9.54 Å². The lowest BCUT2D eigenvalue weighted by Gasteiger charge is -2.28. The van der Waals surface area contributed by atoms with Gasteiger partial charge in [0, 0.05) is 47.2 Å². The topological polar surface area (TPSA) is 54.8 Å². The van der Waals surface area contributed by atoms with Crippen molar-refractivity contribution in [3.05, 3.63) is 185 Å². The lowest BCUT2D eigenvalue weighted by Crippen LogP contribution is -2.30. The first-order valence-electron chi connectivity index (χ1n) is 16.6. The van der Waals surface area contributed by atoms with Crippen molar-refractivity contribution in [2.75, 3.05) is 7.11 Å². The molecule has 0 radical (unpaired) electrons. The minimum Gasteiger partial charge on any atom is -0.380 e. The third-order valence-corrected chi connectivity index (χ3v) is 13.4. The molecule has 0 saturated heterocycles. The standard InChI is InChI=1S/C43H38N3O2PS/c1-32-28-35(31-48-2)39-40(45-49(36-22-12-5-13-23-36,37-24-14-6-15-25-37)38-26-16-7-17-27-38)41(50-42(39)44-32)43(47)46(29-33-18-8-3-9-19-33)30-34-20-10-4-11-21-34/h3-28H,29-31H2,1-2H3. The minimum atomic E-state index is -2.73. The van der Waals surface area contributed by atoms with Crippen molar-refractivity contribution in [3.63, 3.8) is 0 Å². The van der Waals surface area contributed by atoms with Crippen LogP contribution in [0, 0.1) is 6.92 Å². The van der Waals surface area contributed by atoms with Crippen molar-refractivity contribution >= 4 is 56.1 Å². The number of fused-ring (bicyclic) bond motifs is 1. The zero-order chi connectivity index (χ0) is 34.3. The Labute approximate surface area is 297 Å². The van der Waals surface area contributed by atoms with Crippen LogP contribution in [0.15, 0.2) is 162 Å². The van der Waals surface area contributed by atoms with Crippen LogP contribution in [-0.2, 0) is 24.4 Å². The first-order chi connectivity index (χ1) is 24.6. The van der Waals surface area contributed by atoms with E-state index in [9.17, 15) is 0 Å². The summed E-state index contributed by atoms with van der Waals surface area (Å²) < 4.78 is 11.7. The van der Waals surface area contributed by atoms with Crippen LogP contribution in [0.5, 0.6) is 0 Å². The first kappa shape index (κ1) is 33.4. The van der Waals surface area contributed by atoms with Gasteiger partial charge >= 0.3 is 0 Å². The number of hydrogen-bond acceptors (Lipinski definition) is 5. The second kappa shape index (κ2) is 15.2. The van der Waals surface area contributed by atoms with E-state index in [1.165, 1.54) is 11.3 Å². The third kappa shape index (κ3) is 6.83. The smallest absolute Gasteiger partial charge is 0.266 e. The zero-order valence-corrected chi connectivity index (χ0v) is 29.9. The number of ether oxygens (including phenoxy) is 1. The van der Waals surface area contributed by atoms with Crippen molar-refractivity contribution < 1.29 is 9.53 Å². The first-order valence-corrected chi connectivity index (χ1v) is 19.2. The normalized spacial score (nSPS) is 11.4.